The number of hydrogen-bond donors (Lipinski definition) is 2. The number of nitrogens with zero attached hydrogens (tertiary/aromatic N) is 3. The summed E-state index contributed by atoms with van der Waals surface area (Å²) in [6, 6.07) is 13.2. The molecule has 4 rings (SSSR count). The van der Waals surface area contributed by atoms with Crippen LogP contribution in [0.2, 0.25) is 0 Å². The molecule has 1 amide bonds. The average molecular weight is 470 g/mol. The minimum atomic E-state index is -0.456. The van der Waals surface area contributed by atoms with Crippen molar-refractivity contribution in [2.45, 2.75) is 43.7 Å². The molecule has 0 spiro atoms. The van der Waals surface area contributed by atoms with Gasteiger partial charge in [-0.1, -0.05) is 37.7 Å². The molecule has 33 heavy (non-hydrogen) atoms. The van der Waals surface area contributed by atoms with Crippen LogP contribution in [0, 0.1) is 0 Å². The number of fused-ring (bicyclic) bond motifs is 1. The first-order valence-electron chi connectivity index (χ1n) is 10.7. The van der Waals surface area contributed by atoms with Crippen molar-refractivity contribution in [3.8, 4) is 17.2 Å². The van der Waals surface area contributed by atoms with Crippen LogP contribution in [0.15, 0.2) is 47.6 Å². The molecule has 10 heteroatoms. The van der Waals surface area contributed by atoms with Gasteiger partial charge in [0.25, 0.3) is 0 Å². The van der Waals surface area contributed by atoms with Crippen LogP contribution in [-0.4, -0.2) is 39.2 Å². The Balaban J connectivity index is 1.32. The summed E-state index contributed by atoms with van der Waals surface area (Å²) in [5, 5.41) is 11.1. The minimum absolute atomic E-state index is 0.170. The van der Waals surface area contributed by atoms with E-state index in [4.69, 9.17) is 20.1 Å². The second kappa shape index (κ2) is 10.0. The van der Waals surface area contributed by atoms with E-state index >= 15 is 0 Å². The number of aromatic nitrogens is 3. The normalized spacial score (nSPS) is 13.6. The van der Waals surface area contributed by atoms with Crippen LogP contribution in [-0.2, 0) is 11.4 Å². The molecule has 0 saturated heterocycles. The van der Waals surface area contributed by atoms with Crippen LogP contribution in [0.4, 0.5) is 5.69 Å². The molecule has 174 valence electrons. The lowest BCUT2D eigenvalue weighted by Gasteiger charge is -2.19. The van der Waals surface area contributed by atoms with Gasteiger partial charge in [0, 0.05) is 11.8 Å². The molecule has 3 N–H and O–H groups in total. The first kappa shape index (κ1) is 22.8. The van der Waals surface area contributed by atoms with E-state index in [1.165, 1.54) is 22.0 Å². The highest BCUT2D eigenvalue weighted by molar-refractivity contribution is 8.00. The molecule has 0 fully saturated rings. The fourth-order valence-electron chi connectivity index (χ4n) is 3.16. The van der Waals surface area contributed by atoms with Gasteiger partial charge in [0.1, 0.15) is 25.6 Å². The van der Waals surface area contributed by atoms with Gasteiger partial charge in [-0.05, 0) is 42.7 Å². The molecule has 2 heterocycles. The third kappa shape index (κ3) is 5.51. The molecule has 3 aromatic rings. The van der Waals surface area contributed by atoms with Crippen molar-refractivity contribution in [3.63, 3.8) is 0 Å². The maximum absolute atomic E-state index is 12.7. The van der Waals surface area contributed by atoms with Crippen molar-refractivity contribution in [1.29, 1.82) is 0 Å². The molecule has 9 nitrogen and oxygen atoms in total. The van der Waals surface area contributed by atoms with Gasteiger partial charge in [0.15, 0.2) is 17.3 Å². The van der Waals surface area contributed by atoms with Crippen molar-refractivity contribution >= 4 is 23.4 Å². The number of nitrogen functional groups attached to an aromatic ring is 1. The molecular formula is C23H27N5O4S. The summed E-state index contributed by atoms with van der Waals surface area (Å²) in [4.78, 5) is 12.7. The predicted molar refractivity (Wildman–Crippen MR) is 126 cm³/mol. The van der Waals surface area contributed by atoms with Crippen molar-refractivity contribution in [2.75, 3.05) is 24.4 Å². The average Bonchev–Trinajstić information content (AvgIpc) is 3.16. The SMILES string of the molecule is CC(Sc1nnc(COc2ccc(C(C)C)cc2)n1N)C(=O)Nc1ccc2c(c1)OCCO2. The van der Waals surface area contributed by atoms with Crippen LogP contribution in [0.3, 0.4) is 0 Å². The van der Waals surface area contributed by atoms with Crippen molar-refractivity contribution in [1.82, 2.24) is 14.9 Å². The van der Waals surface area contributed by atoms with Gasteiger partial charge in [-0.3, -0.25) is 4.79 Å². The Morgan fingerprint density at radius 1 is 1.12 bits per heavy atom. The second-order valence-corrected chi connectivity index (χ2v) is 9.20. The van der Waals surface area contributed by atoms with Gasteiger partial charge in [0.05, 0.1) is 5.25 Å². The fourth-order valence-corrected chi connectivity index (χ4v) is 3.95. The van der Waals surface area contributed by atoms with E-state index in [9.17, 15) is 4.79 Å². The smallest absolute Gasteiger partial charge is 0.237 e. The standard InChI is InChI=1S/C23H27N5O4S/c1-14(2)16-4-7-18(8-5-16)32-13-21-26-27-23(28(21)24)33-15(3)22(29)25-17-6-9-19-20(12-17)31-11-10-30-19/h4-9,12,14-15H,10-11,13,24H2,1-3H3,(H,25,29). The lowest BCUT2D eigenvalue weighted by molar-refractivity contribution is -0.115. The summed E-state index contributed by atoms with van der Waals surface area (Å²) in [6.07, 6.45) is 0. The Morgan fingerprint density at radius 3 is 2.58 bits per heavy atom. The monoisotopic (exact) mass is 469 g/mol. The van der Waals surface area contributed by atoms with Gasteiger partial charge < -0.3 is 25.4 Å². The summed E-state index contributed by atoms with van der Waals surface area (Å²) in [6.45, 7) is 7.23. The van der Waals surface area contributed by atoms with Crippen molar-refractivity contribution in [3.05, 3.63) is 53.9 Å². The van der Waals surface area contributed by atoms with Crippen LogP contribution < -0.4 is 25.4 Å². The Hall–Kier alpha value is -3.40. The fraction of sp³-hybridized carbons (Fsp3) is 0.348. The Bertz CT molecular complexity index is 1120. The van der Waals surface area contributed by atoms with Crippen LogP contribution in [0.1, 0.15) is 38.1 Å². The number of anilines is 1. The van der Waals surface area contributed by atoms with Crippen LogP contribution in [0.5, 0.6) is 17.2 Å². The zero-order valence-electron chi connectivity index (χ0n) is 18.8. The lowest BCUT2D eigenvalue weighted by atomic mass is 10.0. The number of nitrogens with one attached hydrogen (secondary N) is 1. The quantitative estimate of drug-likeness (QED) is 0.380. The van der Waals surface area contributed by atoms with Crippen molar-refractivity contribution < 1.29 is 19.0 Å². The number of nitrogens with two attached hydrogens (primary N) is 1. The largest absolute Gasteiger partial charge is 0.486 e. The van der Waals surface area contributed by atoms with Gasteiger partial charge >= 0.3 is 0 Å². The van der Waals surface area contributed by atoms with Gasteiger partial charge in [-0.15, -0.1) is 10.2 Å². The van der Waals surface area contributed by atoms with Crippen molar-refractivity contribution in [2.24, 2.45) is 0 Å². The zero-order chi connectivity index (χ0) is 23.4. The summed E-state index contributed by atoms with van der Waals surface area (Å²) in [5.74, 6) is 8.88. The van der Waals surface area contributed by atoms with E-state index in [-0.39, 0.29) is 12.5 Å². The second-order valence-electron chi connectivity index (χ2n) is 7.89. The number of ether oxygens (including phenoxy) is 3. The lowest BCUT2D eigenvalue weighted by Crippen LogP contribution is -2.24. The Kier molecular flexibility index (Phi) is 6.93. The number of carbonyl (C=O) groups is 1. The Morgan fingerprint density at radius 2 is 1.85 bits per heavy atom. The number of carbonyl (C=O) groups excluding carboxylic acids is 1. The summed E-state index contributed by atoms with van der Waals surface area (Å²) < 4.78 is 18.2. The van der Waals surface area contributed by atoms with E-state index in [0.717, 1.165) is 5.75 Å². The molecule has 0 radical (unpaired) electrons. The summed E-state index contributed by atoms with van der Waals surface area (Å²) in [5.41, 5.74) is 1.87. The maximum atomic E-state index is 12.7. The molecule has 1 aromatic heterocycles. The first-order chi connectivity index (χ1) is 15.9. The van der Waals surface area contributed by atoms with E-state index in [1.54, 1.807) is 25.1 Å². The maximum Gasteiger partial charge on any atom is 0.237 e. The van der Waals surface area contributed by atoms with E-state index in [1.807, 2.05) is 24.3 Å². The van der Waals surface area contributed by atoms with E-state index in [2.05, 4.69) is 29.4 Å². The molecule has 2 aromatic carbocycles. The molecule has 0 bridgehead atoms. The highest BCUT2D eigenvalue weighted by Gasteiger charge is 2.21. The van der Waals surface area contributed by atoms with Gasteiger partial charge in [-0.2, -0.15) is 0 Å². The van der Waals surface area contributed by atoms with Gasteiger partial charge in [-0.25, -0.2) is 4.68 Å². The first-order valence-corrected chi connectivity index (χ1v) is 11.6. The van der Waals surface area contributed by atoms with Crippen LogP contribution >= 0.6 is 11.8 Å². The highest BCUT2D eigenvalue weighted by Crippen LogP contribution is 2.33. The number of rotatable bonds is 8. The third-order valence-electron chi connectivity index (χ3n) is 5.11. The number of hydrogen-bond acceptors (Lipinski definition) is 8. The molecule has 0 aliphatic carbocycles. The molecule has 1 aliphatic rings. The summed E-state index contributed by atoms with van der Waals surface area (Å²) in [7, 11) is 0. The zero-order valence-corrected chi connectivity index (χ0v) is 19.6. The number of thioether (sulfide) groups is 1. The summed E-state index contributed by atoms with van der Waals surface area (Å²) >= 11 is 1.21. The molecule has 1 unspecified atom stereocenters. The molecular weight excluding hydrogens is 442 g/mol. The van der Waals surface area contributed by atoms with E-state index < -0.39 is 5.25 Å². The topological polar surface area (TPSA) is 114 Å². The number of amides is 1. The molecule has 0 saturated carbocycles. The van der Waals surface area contributed by atoms with Crippen LogP contribution in [0.25, 0.3) is 0 Å². The third-order valence-corrected chi connectivity index (χ3v) is 6.17. The molecule has 1 atom stereocenters. The highest BCUT2D eigenvalue weighted by atomic mass is 32.2. The molecule has 1 aliphatic heterocycles. The Labute approximate surface area is 196 Å². The van der Waals surface area contributed by atoms with Gasteiger partial charge in [0.2, 0.25) is 11.1 Å². The number of benzene rings is 2. The minimum Gasteiger partial charge on any atom is -0.486 e. The van der Waals surface area contributed by atoms with E-state index in [0.29, 0.717) is 47.3 Å². The predicted octanol–water partition coefficient (Wildman–Crippen LogP) is 3.58.